The van der Waals surface area contributed by atoms with Crippen LogP contribution < -0.4 is 5.76 Å². The van der Waals surface area contributed by atoms with Crippen LogP contribution in [0.5, 0.6) is 0 Å². The maximum absolute atomic E-state index is 13.1. The van der Waals surface area contributed by atoms with E-state index in [0.717, 1.165) is 10.6 Å². The molecule has 3 aromatic rings. The van der Waals surface area contributed by atoms with Crippen molar-refractivity contribution in [3.8, 4) is 0 Å². The summed E-state index contributed by atoms with van der Waals surface area (Å²) >= 11 is 0. The molecule has 0 aliphatic carbocycles. The number of hydrogen-bond donors (Lipinski definition) is 0. The Kier molecular flexibility index (Phi) is 2.52. The van der Waals surface area contributed by atoms with Crippen LogP contribution in [0.25, 0.3) is 11.1 Å². The summed E-state index contributed by atoms with van der Waals surface area (Å²) in [6, 6.07) is 11.7. The SMILES string of the molecule is O=C(c1cccc(F)c1)n1c(=O)oc2ccccc21. The highest BCUT2D eigenvalue weighted by atomic mass is 19.1. The second-order valence-electron chi connectivity index (χ2n) is 3.99. The summed E-state index contributed by atoms with van der Waals surface area (Å²) in [5, 5.41) is 0. The second kappa shape index (κ2) is 4.20. The molecule has 0 saturated heterocycles. The van der Waals surface area contributed by atoms with E-state index in [1.165, 1.54) is 18.2 Å². The third-order valence-electron chi connectivity index (χ3n) is 2.76. The Balaban J connectivity index is 2.22. The van der Waals surface area contributed by atoms with E-state index in [1.807, 2.05) is 0 Å². The number of hydrogen-bond acceptors (Lipinski definition) is 3. The molecule has 0 aliphatic rings. The number of oxazole rings is 1. The van der Waals surface area contributed by atoms with Crippen molar-refractivity contribution in [3.05, 3.63) is 70.5 Å². The molecular weight excluding hydrogens is 249 g/mol. The first-order valence-corrected chi connectivity index (χ1v) is 5.58. The lowest BCUT2D eigenvalue weighted by atomic mass is 10.2. The van der Waals surface area contributed by atoms with Gasteiger partial charge in [-0.15, -0.1) is 0 Å². The normalized spacial score (nSPS) is 10.8. The van der Waals surface area contributed by atoms with E-state index in [-0.39, 0.29) is 5.56 Å². The molecule has 0 unspecified atom stereocenters. The minimum atomic E-state index is -0.782. The summed E-state index contributed by atoms with van der Waals surface area (Å²) in [4.78, 5) is 24.0. The third kappa shape index (κ3) is 1.85. The van der Waals surface area contributed by atoms with Gasteiger partial charge in [-0.25, -0.2) is 13.8 Å². The zero-order chi connectivity index (χ0) is 13.4. The minimum Gasteiger partial charge on any atom is -0.407 e. The predicted molar refractivity (Wildman–Crippen MR) is 66.6 cm³/mol. The summed E-state index contributed by atoms with van der Waals surface area (Å²) < 4.78 is 19.0. The number of fused-ring (bicyclic) bond motifs is 1. The third-order valence-corrected chi connectivity index (χ3v) is 2.76. The molecule has 0 amide bonds. The minimum absolute atomic E-state index is 0.0913. The number of carbonyl (C=O) groups excluding carboxylic acids is 1. The molecule has 0 aliphatic heterocycles. The van der Waals surface area contributed by atoms with Crippen LogP contribution in [0.4, 0.5) is 4.39 Å². The van der Waals surface area contributed by atoms with E-state index in [1.54, 1.807) is 24.3 Å². The molecule has 2 aromatic carbocycles. The fourth-order valence-corrected chi connectivity index (χ4v) is 1.91. The Labute approximate surface area is 106 Å². The quantitative estimate of drug-likeness (QED) is 0.672. The standard InChI is InChI=1S/C14H8FNO3/c15-10-5-3-4-9(8-10)13(17)16-11-6-1-2-7-12(11)19-14(16)18/h1-8H. The van der Waals surface area contributed by atoms with Crippen molar-refractivity contribution in [2.24, 2.45) is 0 Å². The van der Waals surface area contributed by atoms with Crippen molar-refractivity contribution in [3.63, 3.8) is 0 Å². The number of halogens is 1. The molecule has 0 spiro atoms. The van der Waals surface area contributed by atoms with Crippen LogP contribution in [0.1, 0.15) is 10.4 Å². The Morgan fingerprint density at radius 3 is 2.68 bits per heavy atom. The zero-order valence-corrected chi connectivity index (χ0v) is 9.67. The van der Waals surface area contributed by atoms with Gasteiger partial charge in [-0.2, -0.15) is 0 Å². The number of carbonyl (C=O) groups is 1. The maximum atomic E-state index is 13.1. The highest BCUT2D eigenvalue weighted by Crippen LogP contribution is 2.14. The van der Waals surface area contributed by atoms with Gasteiger partial charge in [0, 0.05) is 5.56 Å². The maximum Gasteiger partial charge on any atom is 0.427 e. The van der Waals surface area contributed by atoms with Gasteiger partial charge >= 0.3 is 5.76 Å². The lowest BCUT2D eigenvalue weighted by molar-refractivity contribution is 0.0956. The van der Waals surface area contributed by atoms with E-state index in [4.69, 9.17) is 4.42 Å². The van der Waals surface area contributed by atoms with E-state index in [2.05, 4.69) is 0 Å². The molecule has 0 atom stereocenters. The van der Waals surface area contributed by atoms with Crippen molar-refractivity contribution in [1.82, 2.24) is 4.57 Å². The molecule has 0 saturated carbocycles. The summed E-state index contributed by atoms with van der Waals surface area (Å²) in [5.74, 6) is -1.93. The van der Waals surface area contributed by atoms with Gasteiger partial charge < -0.3 is 4.42 Å². The van der Waals surface area contributed by atoms with Gasteiger partial charge in [-0.1, -0.05) is 18.2 Å². The van der Waals surface area contributed by atoms with Crippen molar-refractivity contribution >= 4 is 17.0 Å². The number of para-hydroxylation sites is 2. The first-order valence-electron chi connectivity index (χ1n) is 5.58. The summed E-state index contributed by atoms with van der Waals surface area (Å²) in [6.45, 7) is 0. The molecule has 94 valence electrons. The first-order chi connectivity index (χ1) is 9.16. The largest absolute Gasteiger partial charge is 0.427 e. The molecule has 4 nitrogen and oxygen atoms in total. The number of rotatable bonds is 1. The van der Waals surface area contributed by atoms with Crippen LogP contribution in [0.15, 0.2) is 57.7 Å². The molecule has 1 heterocycles. The van der Waals surface area contributed by atoms with Gasteiger partial charge in [0.2, 0.25) is 0 Å². The van der Waals surface area contributed by atoms with Gasteiger partial charge in [0.15, 0.2) is 5.58 Å². The lowest BCUT2D eigenvalue weighted by Gasteiger charge is -2.01. The Bertz CT molecular complexity index is 832. The van der Waals surface area contributed by atoms with Crippen LogP contribution in [-0.4, -0.2) is 10.5 Å². The first kappa shape index (κ1) is 11.4. The Hall–Kier alpha value is -2.69. The van der Waals surface area contributed by atoms with Gasteiger partial charge in [0.05, 0.1) is 5.52 Å². The summed E-state index contributed by atoms with van der Waals surface area (Å²) in [5.41, 5.74) is 0.771. The van der Waals surface area contributed by atoms with Crippen molar-refractivity contribution in [1.29, 1.82) is 0 Å². The van der Waals surface area contributed by atoms with Gasteiger partial charge in [-0.05, 0) is 30.3 Å². The molecular formula is C14H8FNO3. The number of aromatic nitrogens is 1. The van der Waals surface area contributed by atoms with Gasteiger partial charge in [0.1, 0.15) is 5.82 Å². The van der Waals surface area contributed by atoms with Crippen molar-refractivity contribution < 1.29 is 13.6 Å². The molecule has 0 radical (unpaired) electrons. The molecule has 0 fully saturated rings. The van der Waals surface area contributed by atoms with Crippen LogP contribution in [0, 0.1) is 5.82 Å². The molecule has 5 heteroatoms. The van der Waals surface area contributed by atoms with Gasteiger partial charge in [-0.3, -0.25) is 4.79 Å². The van der Waals surface area contributed by atoms with Crippen molar-refractivity contribution in [2.75, 3.05) is 0 Å². The van der Waals surface area contributed by atoms with Gasteiger partial charge in [0.25, 0.3) is 5.91 Å². The molecule has 0 N–H and O–H groups in total. The van der Waals surface area contributed by atoms with E-state index < -0.39 is 17.5 Å². The van der Waals surface area contributed by atoms with E-state index >= 15 is 0 Å². The predicted octanol–water partition coefficient (Wildman–Crippen LogP) is 2.42. The highest BCUT2D eigenvalue weighted by Gasteiger charge is 2.17. The molecule has 1 aromatic heterocycles. The van der Waals surface area contributed by atoms with Crippen LogP contribution in [-0.2, 0) is 0 Å². The fraction of sp³-hybridized carbons (Fsp3) is 0. The Morgan fingerprint density at radius 1 is 1.11 bits per heavy atom. The fourth-order valence-electron chi connectivity index (χ4n) is 1.91. The molecule has 0 bridgehead atoms. The van der Waals surface area contributed by atoms with Crippen molar-refractivity contribution in [2.45, 2.75) is 0 Å². The zero-order valence-electron chi connectivity index (χ0n) is 9.67. The smallest absolute Gasteiger partial charge is 0.407 e. The van der Waals surface area contributed by atoms with Crippen LogP contribution >= 0.6 is 0 Å². The average molecular weight is 257 g/mol. The number of nitrogens with zero attached hydrogens (tertiary/aromatic N) is 1. The molecule has 3 rings (SSSR count). The highest BCUT2D eigenvalue weighted by molar-refractivity contribution is 6.00. The average Bonchev–Trinajstić information content (AvgIpc) is 2.74. The second-order valence-corrected chi connectivity index (χ2v) is 3.99. The van der Waals surface area contributed by atoms with E-state index in [9.17, 15) is 14.0 Å². The van der Waals surface area contributed by atoms with E-state index in [0.29, 0.717) is 11.1 Å². The lowest BCUT2D eigenvalue weighted by Crippen LogP contribution is -2.23. The topological polar surface area (TPSA) is 52.2 Å². The number of benzene rings is 2. The summed E-state index contributed by atoms with van der Waals surface area (Å²) in [7, 11) is 0. The monoisotopic (exact) mass is 257 g/mol. The summed E-state index contributed by atoms with van der Waals surface area (Å²) in [6.07, 6.45) is 0. The molecule has 19 heavy (non-hydrogen) atoms. The van der Waals surface area contributed by atoms with Crippen LogP contribution in [0.2, 0.25) is 0 Å². The van der Waals surface area contributed by atoms with Crippen LogP contribution in [0.3, 0.4) is 0 Å². The Morgan fingerprint density at radius 2 is 1.89 bits per heavy atom.